The Kier molecular flexibility index (Phi) is 7.10. The summed E-state index contributed by atoms with van der Waals surface area (Å²) in [4.78, 5) is 32.2. The lowest BCUT2D eigenvalue weighted by atomic mass is 10.2. The number of hydrogen-bond donors (Lipinski definition) is 1. The van der Waals surface area contributed by atoms with E-state index in [1.165, 1.54) is 37.7 Å². The van der Waals surface area contributed by atoms with Gasteiger partial charge in [0.15, 0.2) is 11.5 Å². The number of esters is 1. The molecule has 2 aromatic carbocycles. The Bertz CT molecular complexity index is 1630. The van der Waals surface area contributed by atoms with Crippen molar-refractivity contribution in [1.82, 2.24) is 19.9 Å². The number of nitrogens with one attached hydrogen (secondary N) is 1. The third-order valence-corrected chi connectivity index (χ3v) is 6.08. The molecule has 0 aliphatic carbocycles. The highest BCUT2D eigenvalue weighted by Gasteiger charge is 2.18. The summed E-state index contributed by atoms with van der Waals surface area (Å²) in [5.41, 5.74) is 2.20. The van der Waals surface area contributed by atoms with Crippen LogP contribution in [0.2, 0.25) is 5.02 Å². The number of pyridine rings is 2. The van der Waals surface area contributed by atoms with Crippen molar-refractivity contribution < 1.29 is 13.9 Å². The molecule has 0 radical (unpaired) electrons. The molecule has 8 nitrogen and oxygen atoms in total. The number of rotatable bonds is 7. The van der Waals surface area contributed by atoms with Crippen LogP contribution in [0.25, 0.3) is 22.4 Å². The van der Waals surface area contributed by atoms with Crippen molar-refractivity contribution in [2.45, 2.75) is 6.54 Å². The Morgan fingerprint density at radius 1 is 1.05 bits per heavy atom. The molecule has 0 atom stereocenters. The quantitative estimate of drug-likeness (QED) is 0.255. The zero-order valence-electron chi connectivity index (χ0n) is 20.5. The van der Waals surface area contributed by atoms with Gasteiger partial charge in [-0.25, -0.2) is 24.1 Å². The maximum Gasteiger partial charge on any atom is 0.341 e. The van der Waals surface area contributed by atoms with E-state index >= 15 is 0 Å². The van der Waals surface area contributed by atoms with Crippen LogP contribution in [-0.2, 0) is 11.3 Å². The lowest BCUT2D eigenvalue weighted by molar-refractivity contribution is 0.0601. The number of hydrogen-bond acceptors (Lipinski definition) is 8. The molecule has 5 aromatic rings. The van der Waals surface area contributed by atoms with E-state index in [1.807, 2.05) is 54.4 Å². The molecule has 3 aromatic heterocycles. The van der Waals surface area contributed by atoms with Gasteiger partial charge < -0.3 is 15.0 Å². The lowest BCUT2D eigenvalue weighted by Crippen LogP contribution is -2.17. The second-order valence-corrected chi connectivity index (χ2v) is 8.88. The molecule has 0 bridgehead atoms. The van der Waals surface area contributed by atoms with Crippen molar-refractivity contribution in [1.29, 1.82) is 0 Å². The first kappa shape index (κ1) is 25.0. The van der Waals surface area contributed by atoms with Gasteiger partial charge in [0.25, 0.3) is 0 Å². The molecule has 190 valence electrons. The first-order valence-corrected chi connectivity index (χ1v) is 12.0. The number of benzene rings is 2. The maximum absolute atomic E-state index is 14.8. The summed E-state index contributed by atoms with van der Waals surface area (Å²) in [5, 5.41) is 4.07. The van der Waals surface area contributed by atoms with Gasteiger partial charge in [0.2, 0.25) is 0 Å². The minimum absolute atomic E-state index is 0.0871. The number of fused-ring (bicyclic) bond motifs is 1. The van der Waals surface area contributed by atoms with Crippen molar-refractivity contribution >= 4 is 45.9 Å². The van der Waals surface area contributed by atoms with Gasteiger partial charge in [0.05, 0.1) is 23.7 Å². The summed E-state index contributed by atoms with van der Waals surface area (Å²) >= 11 is 6.15. The van der Waals surface area contributed by atoms with E-state index in [0.29, 0.717) is 39.9 Å². The van der Waals surface area contributed by atoms with E-state index in [1.54, 1.807) is 6.07 Å². The number of ether oxygens (including phenoxy) is 1. The van der Waals surface area contributed by atoms with Gasteiger partial charge in [-0.3, -0.25) is 4.98 Å². The number of methoxy groups -OCH3 is 1. The summed E-state index contributed by atoms with van der Waals surface area (Å²) in [6.07, 6.45) is 2.93. The third-order valence-electron chi connectivity index (χ3n) is 5.85. The number of carbonyl (C=O) groups is 1. The van der Waals surface area contributed by atoms with Gasteiger partial charge >= 0.3 is 5.97 Å². The van der Waals surface area contributed by atoms with Crippen molar-refractivity contribution in [3.05, 3.63) is 101 Å². The Labute approximate surface area is 223 Å². The van der Waals surface area contributed by atoms with Crippen molar-refractivity contribution in [3.63, 3.8) is 0 Å². The number of nitrogens with zero attached hydrogens (tertiary/aromatic N) is 5. The van der Waals surface area contributed by atoms with E-state index in [-0.39, 0.29) is 17.0 Å². The second-order valence-electron chi connectivity index (χ2n) is 8.44. The largest absolute Gasteiger partial charge is 0.465 e. The van der Waals surface area contributed by atoms with Crippen LogP contribution >= 0.6 is 11.6 Å². The van der Waals surface area contributed by atoms with Crippen molar-refractivity contribution in [2.24, 2.45) is 0 Å². The Hall–Kier alpha value is -4.63. The van der Waals surface area contributed by atoms with Crippen LogP contribution in [0.5, 0.6) is 0 Å². The zero-order chi connectivity index (χ0) is 26.6. The van der Waals surface area contributed by atoms with Crippen LogP contribution in [0.3, 0.4) is 0 Å². The number of aromatic nitrogens is 4. The lowest BCUT2D eigenvalue weighted by Gasteiger charge is -2.19. The van der Waals surface area contributed by atoms with E-state index in [0.717, 1.165) is 5.56 Å². The summed E-state index contributed by atoms with van der Waals surface area (Å²) < 4.78 is 19.7. The molecule has 0 saturated heterocycles. The minimum atomic E-state index is -0.567. The van der Waals surface area contributed by atoms with Gasteiger partial charge in [0, 0.05) is 31.0 Å². The van der Waals surface area contributed by atoms with Gasteiger partial charge in [-0.05, 0) is 42.0 Å². The Morgan fingerprint density at radius 3 is 2.66 bits per heavy atom. The summed E-state index contributed by atoms with van der Waals surface area (Å²) in [5.74, 6) is -0.0172. The molecule has 0 spiro atoms. The van der Waals surface area contributed by atoms with E-state index in [2.05, 4.69) is 20.3 Å². The topological polar surface area (TPSA) is 93.1 Å². The zero-order valence-corrected chi connectivity index (χ0v) is 21.3. The first-order chi connectivity index (χ1) is 18.4. The van der Waals surface area contributed by atoms with Crippen LogP contribution < -0.4 is 10.2 Å². The van der Waals surface area contributed by atoms with Gasteiger partial charge in [-0.1, -0.05) is 41.9 Å². The monoisotopic (exact) mass is 528 g/mol. The average Bonchev–Trinajstić information content (AvgIpc) is 2.94. The summed E-state index contributed by atoms with van der Waals surface area (Å²) in [6.45, 7) is 0.630. The average molecular weight is 529 g/mol. The highest BCUT2D eigenvalue weighted by molar-refractivity contribution is 6.30. The van der Waals surface area contributed by atoms with E-state index < -0.39 is 11.8 Å². The smallest absolute Gasteiger partial charge is 0.341 e. The molecule has 0 amide bonds. The van der Waals surface area contributed by atoms with Gasteiger partial charge in [-0.2, -0.15) is 0 Å². The van der Waals surface area contributed by atoms with Crippen LogP contribution in [-0.4, -0.2) is 40.1 Å². The fourth-order valence-electron chi connectivity index (χ4n) is 3.94. The van der Waals surface area contributed by atoms with Crippen LogP contribution in [0, 0.1) is 5.82 Å². The molecule has 5 rings (SSSR count). The SMILES string of the molecule is COC(=O)c1cnccc1Nc1nc(-c2cc(Cl)ccc2F)nc2nc(N(C)Cc3ccccc3)ccc12. The number of carbonyl (C=O) groups excluding carboxylic acids is 1. The molecule has 10 heteroatoms. The molecule has 0 unspecified atom stereocenters. The predicted molar refractivity (Wildman–Crippen MR) is 145 cm³/mol. The number of halogens is 2. The predicted octanol–water partition coefficient (Wildman–Crippen LogP) is 6.05. The van der Waals surface area contributed by atoms with E-state index in [4.69, 9.17) is 21.3 Å². The fraction of sp³-hybridized carbons (Fsp3) is 0.107. The normalized spacial score (nSPS) is 10.8. The van der Waals surface area contributed by atoms with Crippen LogP contribution in [0.1, 0.15) is 15.9 Å². The second kappa shape index (κ2) is 10.8. The number of anilines is 3. The van der Waals surface area contributed by atoms with E-state index in [9.17, 15) is 9.18 Å². The standard InChI is InChI=1S/C28H22ClFN6O2/c1-36(16-17-6-4-3-5-7-17)24-11-9-19-25(32-23-12-13-31-15-21(23)28(37)38-2)34-27(35-26(19)33-24)20-14-18(29)8-10-22(20)30/h3-15H,16H2,1-2H3,(H,31,32,33,34,35). The highest BCUT2D eigenvalue weighted by Crippen LogP contribution is 2.31. The molecule has 3 heterocycles. The molecule has 1 N–H and O–H groups in total. The third kappa shape index (κ3) is 5.23. The molecule has 0 aliphatic heterocycles. The van der Waals surface area contributed by atoms with Crippen LogP contribution in [0.4, 0.5) is 21.7 Å². The van der Waals surface area contributed by atoms with Gasteiger partial charge in [0.1, 0.15) is 23.0 Å². The summed E-state index contributed by atoms with van der Waals surface area (Å²) in [6, 6.07) is 19.5. The minimum Gasteiger partial charge on any atom is -0.465 e. The Morgan fingerprint density at radius 2 is 1.87 bits per heavy atom. The maximum atomic E-state index is 14.8. The first-order valence-electron chi connectivity index (χ1n) is 11.6. The fourth-order valence-corrected chi connectivity index (χ4v) is 4.11. The molecule has 38 heavy (non-hydrogen) atoms. The van der Waals surface area contributed by atoms with Crippen molar-refractivity contribution in [3.8, 4) is 11.4 Å². The molecular weight excluding hydrogens is 507 g/mol. The molecule has 0 fully saturated rings. The highest BCUT2D eigenvalue weighted by atomic mass is 35.5. The molecule has 0 aliphatic rings. The van der Waals surface area contributed by atoms with Gasteiger partial charge in [-0.15, -0.1) is 0 Å². The summed E-state index contributed by atoms with van der Waals surface area (Å²) in [7, 11) is 3.22. The molecule has 0 saturated carbocycles. The Balaban J connectivity index is 1.63. The van der Waals surface area contributed by atoms with Crippen LogP contribution in [0.15, 0.2) is 79.1 Å². The molecular formula is C28H22ClFN6O2. The van der Waals surface area contributed by atoms with Crippen molar-refractivity contribution in [2.75, 3.05) is 24.4 Å².